The quantitative estimate of drug-likeness (QED) is 0.250. The van der Waals surface area contributed by atoms with Gasteiger partial charge in [-0.3, -0.25) is 0 Å². The average Bonchev–Trinajstić information content (AvgIpc) is 3.16. The van der Waals surface area contributed by atoms with Crippen LogP contribution >= 0.6 is 50.7 Å². The molecule has 7 nitrogen and oxygen atoms in total. The molecule has 0 bridgehead atoms. The second kappa shape index (κ2) is 10.2. The molecule has 33 heavy (non-hydrogen) atoms. The first-order valence-corrected chi connectivity index (χ1v) is 13.1. The fourth-order valence-electron chi connectivity index (χ4n) is 3.11. The Kier molecular flexibility index (Phi) is 7.47. The van der Waals surface area contributed by atoms with E-state index in [1.54, 1.807) is 16.8 Å². The van der Waals surface area contributed by atoms with E-state index >= 15 is 0 Å². The minimum atomic E-state index is -3.69. The van der Waals surface area contributed by atoms with Crippen molar-refractivity contribution in [1.82, 2.24) is 19.3 Å². The molecule has 0 fully saturated rings. The molecule has 0 amide bonds. The van der Waals surface area contributed by atoms with Crippen LogP contribution in [0.25, 0.3) is 16.9 Å². The standard InChI is InChI=1S/C21H17BrCl3N5O2S/c22-15-12-27-30-20(11-19(29-21(15)30)14-4-1-2-5-16(14)23)26-8-3-9-28-33(31,32)13-6-7-17(24)18(25)10-13/h1-2,4-7,10-12,26,28H,3,8-9H2. The summed E-state index contributed by atoms with van der Waals surface area (Å²) in [5.41, 5.74) is 2.12. The highest BCUT2D eigenvalue weighted by molar-refractivity contribution is 9.10. The molecule has 2 aromatic heterocycles. The van der Waals surface area contributed by atoms with Gasteiger partial charge in [-0.15, -0.1) is 0 Å². The number of halogens is 4. The lowest BCUT2D eigenvalue weighted by molar-refractivity contribution is 0.580. The normalized spacial score (nSPS) is 11.8. The molecule has 0 saturated heterocycles. The molecule has 0 aliphatic rings. The largest absolute Gasteiger partial charge is 0.370 e. The van der Waals surface area contributed by atoms with Crippen LogP contribution in [0.3, 0.4) is 0 Å². The van der Waals surface area contributed by atoms with Crippen LogP contribution in [0.2, 0.25) is 15.1 Å². The molecule has 0 saturated carbocycles. The van der Waals surface area contributed by atoms with E-state index in [0.717, 1.165) is 10.0 Å². The number of nitrogens with zero attached hydrogens (tertiary/aromatic N) is 3. The molecule has 2 N–H and O–H groups in total. The van der Waals surface area contributed by atoms with Crippen molar-refractivity contribution in [2.45, 2.75) is 11.3 Å². The maximum Gasteiger partial charge on any atom is 0.240 e. The zero-order valence-corrected chi connectivity index (χ0v) is 21.6. The van der Waals surface area contributed by atoms with Crippen molar-refractivity contribution < 1.29 is 8.42 Å². The number of anilines is 1. The highest BCUT2D eigenvalue weighted by Gasteiger charge is 2.16. The third kappa shape index (κ3) is 5.45. The van der Waals surface area contributed by atoms with Crippen molar-refractivity contribution >= 4 is 72.2 Å². The van der Waals surface area contributed by atoms with E-state index in [0.29, 0.717) is 40.2 Å². The Bertz CT molecular complexity index is 1430. The summed E-state index contributed by atoms with van der Waals surface area (Å²) in [6.07, 6.45) is 2.18. The Morgan fingerprint density at radius 2 is 1.76 bits per heavy atom. The SMILES string of the molecule is O=S(=O)(NCCCNc1cc(-c2ccccc2Cl)nc2c(Br)cnn12)c1ccc(Cl)c(Cl)c1. The fourth-order valence-corrected chi connectivity index (χ4v) is 5.15. The molecule has 4 rings (SSSR count). The molecule has 12 heteroatoms. The Morgan fingerprint density at radius 1 is 0.970 bits per heavy atom. The second-order valence-corrected chi connectivity index (χ2v) is 10.8. The van der Waals surface area contributed by atoms with Crippen LogP contribution in [0.5, 0.6) is 0 Å². The predicted octanol–water partition coefficient (Wildman–Crippen LogP) is 5.90. The molecule has 0 atom stereocenters. The summed E-state index contributed by atoms with van der Waals surface area (Å²) in [5, 5.41) is 8.71. The van der Waals surface area contributed by atoms with E-state index in [1.165, 1.54) is 18.2 Å². The highest BCUT2D eigenvalue weighted by Crippen LogP contribution is 2.30. The number of sulfonamides is 1. The van der Waals surface area contributed by atoms with Gasteiger partial charge in [-0.25, -0.2) is 18.1 Å². The first kappa shape index (κ1) is 24.3. The van der Waals surface area contributed by atoms with Crippen LogP contribution in [-0.4, -0.2) is 36.1 Å². The fraction of sp³-hybridized carbons (Fsp3) is 0.143. The monoisotopic (exact) mass is 587 g/mol. The van der Waals surface area contributed by atoms with Crippen LogP contribution in [0.15, 0.2) is 64.1 Å². The smallest absolute Gasteiger partial charge is 0.240 e. The molecular weight excluding hydrogens is 573 g/mol. The number of hydrogen-bond donors (Lipinski definition) is 2. The number of benzene rings is 2. The van der Waals surface area contributed by atoms with Crippen LogP contribution in [0.4, 0.5) is 5.82 Å². The summed E-state index contributed by atoms with van der Waals surface area (Å²) in [6, 6.07) is 13.5. The zero-order chi connectivity index (χ0) is 23.6. The average molecular weight is 590 g/mol. The van der Waals surface area contributed by atoms with E-state index in [9.17, 15) is 8.42 Å². The predicted molar refractivity (Wildman–Crippen MR) is 136 cm³/mol. The molecule has 4 aromatic rings. The Labute approximate surface area is 214 Å². The Morgan fingerprint density at radius 3 is 2.52 bits per heavy atom. The summed E-state index contributed by atoms with van der Waals surface area (Å²) in [6.45, 7) is 0.715. The number of fused-ring (bicyclic) bond motifs is 1. The lowest BCUT2D eigenvalue weighted by Gasteiger charge is -2.12. The zero-order valence-electron chi connectivity index (χ0n) is 16.9. The van der Waals surface area contributed by atoms with Crippen molar-refractivity contribution in [3.8, 4) is 11.3 Å². The van der Waals surface area contributed by atoms with Gasteiger partial charge in [-0.1, -0.05) is 53.0 Å². The summed E-state index contributed by atoms with van der Waals surface area (Å²) in [4.78, 5) is 4.73. The number of hydrogen-bond acceptors (Lipinski definition) is 5. The summed E-state index contributed by atoms with van der Waals surface area (Å²) < 4.78 is 29.9. The van der Waals surface area contributed by atoms with Crippen molar-refractivity contribution in [3.05, 3.63) is 74.3 Å². The molecule has 0 aliphatic heterocycles. The second-order valence-electron chi connectivity index (χ2n) is 6.99. The van der Waals surface area contributed by atoms with Gasteiger partial charge in [-0.05, 0) is 46.6 Å². The van der Waals surface area contributed by atoms with E-state index < -0.39 is 10.0 Å². The van der Waals surface area contributed by atoms with Gasteiger partial charge in [0.05, 0.1) is 31.3 Å². The minimum Gasteiger partial charge on any atom is -0.370 e. The molecular formula is C21H17BrCl3N5O2S. The Balaban J connectivity index is 1.45. The molecule has 2 heterocycles. The Hall–Kier alpha value is -1.88. The van der Waals surface area contributed by atoms with Gasteiger partial charge in [0.1, 0.15) is 5.82 Å². The third-order valence-electron chi connectivity index (χ3n) is 4.73. The van der Waals surface area contributed by atoms with Gasteiger partial charge in [0.25, 0.3) is 0 Å². The van der Waals surface area contributed by atoms with Gasteiger partial charge < -0.3 is 5.32 Å². The molecule has 2 aromatic carbocycles. The molecule has 0 radical (unpaired) electrons. The van der Waals surface area contributed by atoms with Gasteiger partial charge in [0.2, 0.25) is 10.0 Å². The van der Waals surface area contributed by atoms with Gasteiger partial charge in [0, 0.05) is 29.7 Å². The first-order valence-electron chi connectivity index (χ1n) is 9.74. The summed E-state index contributed by atoms with van der Waals surface area (Å²) in [7, 11) is -3.69. The van der Waals surface area contributed by atoms with Crippen molar-refractivity contribution in [2.24, 2.45) is 0 Å². The van der Waals surface area contributed by atoms with E-state index in [2.05, 4.69) is 36.1 Å². The van der Waals surface area contributed by atoms with Crippen LogP contribution < -0.4 is 10.0 Å². The molecule has 0 aliphatic carbocycles. The van der Waals surface area contributed by atoms with Crippen LogP contribution in [0, 0.1) is 0 Å². The third-order valence-corrected chi connectivity index (χ3v) is 7.82. The van der Waals surface area contributed by atoms with Gasteiger partial charge in [0.15, 0.2) is 5.65 Å². The van der Waals surface area contributed by atoms with E-state index in [1.807, 2.05) is 24.3 Å². The molecule has 172 valence electrons. The minimum absolute atomic E-state index is 0.0616. The van der Waals surface area contributed by atoms with E-state index in [-0.39, 0.29) is 16.5 Å². The lowest BCUT2D eigenvalue weighted by atomic mass is 10.1. The summed E-state index contributed by atoms with van der Waals surface area (Å²) >= 11 is 21.6. The number of rotatable bonds is 8. The van der Waals surface area contributed by atoms with Crippen molar-refractivity contribution in [2.75, 3.05) is 18.4 Å². The van der Waals surface area contributed by atoms with Gasteiger partial charge in [-0.2, -0.15) is 9.61 Å². The molecule has 0 unspecified atom stereocenters. The highest BCUT2D eigenvalue weighted by atomic mass is 79.9. The van der Waals surface area contributed by atoms with E-state index in [4.69, 9.17) is 34.8 Å². The maximum absolute atomic E-state index is 12.5. The summed E-state index contributed by atoms with van der Waals surface area (Å²) in [5.74, 6) is 0.702. The van der Waals surface area contributed by atoms with Crippen LogP contribution in [-0.2, 0) is 10.0 Å². The number of nitrogens with one attached hydrogen (secondary N) is 2. The van der Waals surface area contributed by atoms with Crippen molar-refractivity contribution in [1.29, 1.82) is 0 Å². The topological polar surface area (TPSA) is 88.4 Å². The number of aromatic nitrogens is 3. The lowest BCUT2D eigenvalue weighted by Crippen LogP contribution is -2.26. The molecule has 0 spiro atoms. The van der Waals surface area contributed by atoms with Crippen molar-refractivity contribution in [3.63, 3.8) is 0 Å². The first-order chi connectivity index (χ1) is 15.8. The van der Waals surface area contributed by atoms with Crippen LogP contribution in [0.1, 0.15) is 6.42 Å². The van der Waals surface area contributed by atoms with Gasteiger partial charge >= 0.3 is 0 Å². The maximum atomic E-state index is 12.5.